The standard InChI is InChI=1S/C91H99Cl2N11O29/c1-40(2)27-56(95-6)83(116)102-71-74(110)46-17-23-60(54(92)29-46)129-62-31-48-32-63(130-61-24-18-47(30-55(61)93)75(111)72-88(121)101-70(89(122)123)53-33-49(106)34-59(108)67(53)52-28-45(16-22-58(52)107)68(85(118)103-72)100-86(119)69(48)99-84(117)57(35-65(94)109)98-87(71)120)79(62)133-90-80(77(113)76(112)64(38-105)131-90)132-66-36-91(5,81(114)42(4)128-66)97-37-43-14-19-50(20-15-43)126-26-10-25-96-82(115)51-21-13-41(3)78(73(51)104(124)125)127-39-44-11-8-7-9-12-44/h7-9,11-24,28-34,40,42,56-57,64,66,68-72,74-77,80-81,90,95,97,105-108,110-114H,10,25-27,35-39H2,1-6H3,(H2,94,109)(H,96,115)(H,98,120)(H,99,117)(H,100,119)(H,101,121)(H,102,116)(H,103,118)(H,122,123)/t42?,56?,57-,64?,66+,68+,69+,70+,71?,72-,74+,75?,76-,77?,80+,81-,90?,91?/m0/s1. The molecule has 7 heterocycles. The first-order valence-corrected chi connectivity index (χ1v) is 42.9. The van der Waals surface area contributed by atoms with Crippen LogP contribution >= 0.6 is 23.2 Å². The molecule has 7 aliphatic rings. The van der Waals surface area contributed by atoms with Crippen molar-refractivity contribution in [1.82, 2.24) is 47.9 Å². The summed E-state index contributed by atoms with van der Waals surface area (Å²) in [4.78, 5) is 144. The molecule has 18 atom stereocenters. The number of fused-ring (bicyclic) bond motifs is 15. The van der Waals surface area contributed by atoms with Gasteiger partial charge in [-0.05, 0) is 158 Å². The lowest BCUT2D eigenvalue weighted by Crippen LogP contribution is -2.65. The molecule has 0 saturated carbocycles. The molecule has 21 N–H and O–H groups in total. The number of aliphatic hydroxyl groups is 6. The summed E-state index contributed by atoms with van der Waals surface area (Å²) in [6.07, 6.45) is -19.0. The number of likely N-dealkylation sites (N-methyl/N-ethyl adjacent to an activating group) is 1. The summed E-state index contributed by atoms with van der Waals surface area (Å²) in [5.74, 6) is -16.7. The third-order valence-corrected chi connectivity index (χ3v) is 23.8. The van der Waals surface area contributed by atoms with Gasteiger partial charge in [-0.1, -0.05) is 104 Å². The van der Waals surface area contributed by atoms with Crippen LogP contribution in [0.5, 0.6) is 57.5 Å². The molecule has 8 amide bonds. The summed E-state index contributed by atoms with van der Waals surface area (Å²) in [7, 11) is 1.47. The van der Waals surface area contributed by atoms with E-state index in [0.717, 1.165) is 72.3 Å². The molecule has 15 rings (SSSR count). The van der Waals surface area contributed by atoms with E-state index >= 15 is 24.0 Å². The lowest BCUT2D eigenvalue weighted by atomic mass is 9.84. The number of carbonyl (C=O) groups is 9. The molecular weight excluding hydrogens is 1780 g/mol. The Bertz CT molecular complexity index is 5750. The van der Waals surface area contributed by atoms with Gasteiger partial charge in [0.1, 0.15) is 107 Å². The van der Waals surface area contributed by atoms with E-state index in [-0.39, 0.29) is 78.8 Å². The van der Waals surface area contributed by atoms with Crippen molar-refractivity contribution in [1.29, 1.82) is 0 Å². The van der Waals surface area contributed by atoms with E-state index < -0.39 is 259 Å². The molecule has 40 nitrogen and oxygen atoms in total. The van der Waals surface area contributed by atoms with Crippen LogP contribution in [0.3, 0.4) is 0 Å². The number of phenols is 3. The number of aliphatic hydroxyl groups excluding tert-OH is 6. The number of nitrogens with zero attached hydrogens (tertiary/aromatic N) is 1. The van der Waals surface area contributed by atoms with E-state index in [1.54, 1.807) is 68.4 Å². The second kappa shape index (κ2) is 41.8. The lowest BCUT2D eigenvalue weighted by molar-refractivity contribution is -0.386. The number of nitrogens with one attached hydrogen (secondary N) is 9. The smallest absolute Gasteiger partial charge is 0.330 e. The van der Waals surface area contributed by atoms with Crippen molar-refractivity contribution >= 4 is 82.1 Å². The van der Waals surface area contributed by atoms with Crippen LogP contribution in [0.2, 0.25) is 10.0 Å². The predicted octanol–water partition coefficient (Wildman–Crippen LogP) is 4.93. The van der Waals surface area contributed by atoms with E-state index in [2.05, 4.69) is 47.9 Å². The second-order valence-corrected chi connectivity index (χ2v) is 34.0. The SMILES string of the molecule is CNC(CC(C)C)C(=O)NC1C(=O)N[C@@H](CC(N)=O)C(=O)N[C@H]2C(=O)N[C@H]3C(=O)N[C@H](C(=O)N[C@@H](C(=O)O)c4cc(O)cc(O)c4-c4cc3ccc4O)C(O)c3ccc(c(Cl)c3)Oc3cc2cc(c3OC2OC(CO)[C@H](O)C(O)[C@H]2O[C@@H]2CC(C)(NCc3ccc(OCCCNC(=O)c4ccc(C)c(OCc5ccccc5)c4[N+](=O)[O-])cc3)[C@@H](O)C(C)O2)Oc2ccc(cc2Cl)[C@H]1O. The largest absolute Gasteiger partial charge is 0.508 e. The van der Waals surface area contributed by atoms with Crippen molar-refractivity contribution < 1.29 is 137 Å². The molecule has 706 valence electrons. The highest BCUT2D eigenvalue weighted by Crippen LogP contribution is 2.51. The van der Waals surface area contributed by atoms with E-state index in [0.29, 0.717) is 23.3 Å². The average Bonchev–Trinajstić information content (AvgIpc) is 0.763. The van der Waals surface area contributed by atoms with Gasteiger partial charge in [0.25, 0.3) is 5.91 Å². The van der Waals surface area contributed by atoms with Crippen LogP contribution in [0, 0.1) is 23.0 Å². The van der Waals surface area contributed by atoms with Gasteiger partial charge in [-0.25, -0.2) is 4.79 Å². The molecule has 11 bridgehead atoms. The lowest BCUT2D eigenvalue weighted by Gasteiger charge is -2.48. The third-order valence-electron chi connectivity index (χ3n) is 23.2. The van der Waals surface area contributed by atoms with Gasteiger partial charge in [0.15, 0.2) is 29.9 Å². The monoisotopic (exact) mass is 1880 g/mol. The third kappa shape index (κ3) is 22.2. The fraction of sp³-hybridized carbons (Fsp3) is 0.374. The molecule has 2 saturated heterocycles. The minimum absolute atomic E-state index is 0.0288. The van der Waals surface area contributed by atoms with Crippen molar-refractivity contribution in [2.24, 2.45) is 11.7 Å². The number of phenolic OH excluding ortho intramolecular Hbond substituents is 3. The molecule has 0 spiro atoms. The fourth-order valence-corrected chi connectivity index (χ4v) is 16.6. The summed E-state index contributed by atoms with van der Waals surface area (Å²) in [6, 6.07) is 17.8. The Hall–Kier alpha value is -13.1. The van der Waals surface area contributed by atoms with Gasteiger partial charge < -0.3 is 143 Å². The Morgan fingerprint density at radius 1 is 0.692 bits per heavy atom. The molecule has 8 aromatic rings. The molecule has 133 heavy (non-hydrogen) atoms. The van der Waals surface area contributed by atoms with Gasteiger partial charge in [0, 0.05) is 47.8 Å². The van der Waals surface area contributed by atoms with Gasteiger partial charge >= 0.3 is 11.7 Å². The van der Waals surface area contributed by atoms with E-state index in [1.807, 2.05) is 19.9 Å². The summed E-state index contributed by atoms with van der Waals surface area (Å²) in [5, 5.41) is 152. The molecule has 7 aliphatic heterocycles. The number of carbonyl (C=O) groups excluding carboxylic acids is 8. The number of nitro groups is 1. The van der Waals surface area contributed by atoms with Gasteiger partial charge in [0.2, 0.25) is 59.1 Å². The first kappa shape index (κ1) is 97.5. The number of rotatable bonds is 26. The van der Waals surface area contributed by atoms with Crippen molar-refractivity contribution in [3.05, 3.63) is 216 Å². The number of halogens is 2. The Morgan fingerprint density at radius 3 is 1.97 bits per heavy atom. The molecule has 42 heteroatoms. The van der Waals surface area contributed by atoms with Crippen LogP contribution in [0.25, 0.3) is 11.1 Å². The summed E-state index contributed by atoms with van der Waals surface area (Å²) < 4.78 is 51.4. The highest BCUT2D eigenvalue weighted by Gasteiger charge is 2.53. The summed E-state index contributed by atoms with van der Waals surface area (Å²) >= 11 is 14.3. The minimum Gasteiger partial charge on any atom is -0.508 e. The Kier molecular flexibility index (Phi) is 30.6. The molecule has 8 aromatic carbocycles. The number of nitrogens with two attached hydrogens (primary N) is 1. The number of primary amides is 1. The number of carboxylic acid groups (broad SMARTS) is 1. The molecule has 8 unspecified atom stereocenters. The first-order valence-electron chi connectivity index (χ1n) is 42.2. The van der Waals surface area contributed by atoms with Crippen molar-refractivity contribution in [2.45, 2.75) is 183 Å². The maximum Gasteiger partial charge on any atom is 0.330 e. The van der Waals surface area contributed by atoms with Gasteiger partial charge in [0.05, 0.1) is 52.9 Å². The van der Waals surface area contributed by atoms with Crippen LogP contribution in [-0.4, -0.2) is 215 Å². The molecular formula is C91H99Cl2N11O29. The number of aryl methyl sites for hydroxylation is 1. The fourth-order valence-electron chi connectivity index (χ4n) is 16.2. The number of aliphatic carboxylic acids is 1. The normalized spacial score (nSPS) is 25.0. The quantitative estimate of drug-likeness (QED) is 0.0194. The van der Waals surface area contributed by atoms with Crippen molar-refractivity contribution in [2.75, 3.05) is 26.8 Å². The van der Waals surface area contributed by atoms with Crippen LogP contribution in [0.1, 0.15) is 139 Å². The van der Waals surface area contributed by atoms with Gasteiger partial charge in [-0.2, -0.15) is 0 Å². The van der Waals surface area contributed by atoms with E-state index in [4.69, 9.17) is 66.8 Å². The molecule has 0 aromatic heterocycles. The first-order chi connectivity index (χ1) is 63.3. The number of carboxylic acids is 1. The predicted molar refractivity (Wildman–Crippen MR) is 469 cm³/mol. The zero-order valence-electron chi connectivity index (χ0n) is 72.1. The molecule has 0 radical (unpaired) electrons. The highest BCUT2D eigenvalue weighted by molar-refractivity contribution is 6.32. The highest BCUT2D eigenvalue weighted by atomic mass is 35.5. The zero-order valence-corrected chi connectivity index (χ0v) is 73.6. The van der Waals surface area contributed by atoms with Gasteiger partial charge in [-0.3, -0.25) is 48.5 Å². The number of nitro benzene ring substituents is 1. The van der Waals surface area contributed by atoms with Gasteiger partial charge in [-0.15, -0.1) is 0 Å². The zero-order chi connectivity index (χ0) is 95.9. The van der Waals surface area contributed by atoms with Crippen molar-refractivity contribution in [3.8, 4) is 68.6 Å². The Balaban J connectivity index is 0.863. The number of aromatic hydroxyl groups is 3. The van der Waals surface area contributed by atoms with Crippen LogP contribution in [-0.2, 0) is 65.7 Å². The van der Waals surface area contributed by atoms with Crippen LogP contribution in [0.4, 0.5) is 5.69 Å². The number of hydrogen-bond donors (Lipinski definition) is 20. The number of amides is 8. The minimum atomic E-state index is -2.40. The number of benzene rings is 8. The van der Waals surface area contributed by atoms with Crippen LogP contribution < -0.4 is 77.3 Å². The second-order valence-electron chi connectivity index (χ2n) is 33.2. The Labute approximate surface area is 768 Å². The summed E-state index contributed by atoms with van der Waals surface area (Å²) in [5.41, 5.74) is 2.73. The number of ether oxygens (including phenoxy) is 8. The number of hydrogen-bond acceptors (Lipinski definition) is 30. The maximum atomic E-state index is 16.3. The molecule has 2 fully saturated rings. The van der Waals surface area contributed by atoms with Crippen LogP contribution in [0.15, 0.2) is 146 Å². The summed E-state index contributed by atoms with van der Waals surface area (Å²) in [6.45, 7) is 7.77. The topological polar surface area (TPSA) is 607 Å². The van der Waals surface area contributed by atoms with E-state index in [1.165, 1.54) is 32.2 Å². The molecule has 0 aliphatic carbocycles. The van der Waals surface area contributed by atoms with Crippen molar-refractivity contribution in [3.63, 3.8) is 0 Å². The maximum absolute atomic E-state index is 16.3. The van der Waals surface area contributed by atoms with E-state index in [9.17, 15) is 80.4 Å². The Morgan fingerprint density at radius 2 is 1.34 bits per heavy atom. The average molecular weight is 1880 g/mol.